The highest BCUT2D eigenvalue weighted by Crippen LogP contribution is 2.14. The van der Waals surface area contributed by atoms with Crippen LogP contribution in [0.1, 0.15) is 30.8 Å². The minimum atomic E-state index is -0.837. The summed E-state index contributed by atoms with van der Waals surface area (Å²) >= 11 is 0. The molecule has 0 aliphatic rings. The molecule has 1 aromatic heterocycles. The topological polar surface area (TPSA) is 82.5 Å². The summed E-state index contributed by atoms with van der Waals surface area (Å²) in [5, 5.41) is 11.4. The Morgan fingerprint density at radius 1 is 1.42 bits per heavy atom. The largest absolute Gasteiger partial charge is 0.481 e. The van der Waals surface area contributed by atoms with Crippen molar-refractivity contribution in [2.45, 2.75) is 20.3 Å². The molecule has 1 aromatic rings. The molecule has 0 aliphatic carbocycles. The third-order valence-corrected chi connectivity index (χ3v) is 2.66. The van der Waals surface area contributed by atoms with E-state index in [1.807, 2.05) is 18.7 Å². The lowest BCUT2D eigenvalue weighted by atomic mass is 10.2. The zero-order chi connectivity index (χ0) is 14.3. The average Bonchev–Trinajstić information content (AvgIpc) is 2.40. The maximum absolute atomic E-state index is 11.7. The van der Waals surface area contributed by atoms with Crippen LogP contribution in [0.25, 0.3) is 0 Å². The standard InChI is InChI=1S/C13H19N3O3/c1-3-14-13(19)11-9-10(5-7-15-11)16(4-2)8-6-12(17)18/h5,7,9H,3-4,6,8H2,1-2H3,(H,14,19)(H,17,18). The van der Waals surface area contributed by atoms with E-state index in [-0.39, 0.29) is 12.3 Å². The van der Waals surface area contributed by atoms with Crippen molar-refractivity contribution in [3.8, 4) is 0 Å². The van der Waals surface area contributed by atoms with Crippen LogP contribution in [-0.4, -0.2) is 41.6 Å². The number of rotatable bonds is 7. The third-order valence-electron chi connectivity index (χ3n) is 2.66. The zero-order valence-corrected chi connectivity index (χ0v) is 11.2. The van der Waals surface area contributed by atoms with E-state index >= 15 is 0 Å². The molecule has 104 valence electrons. The van der Waals surface area contributed by atoms with Crippen molar-refractivity contribution in [2.24, 2.45) is 0 Å². The SMILES string of the molecule is CCNC(=O)c1cc(N(CC)CCC(=O)O)ccn1. The molecule has 0 aromatic carbocycles. The van der Waals surface area contributed by atoms with Gasteiger partial charge in [0.1, 0.15) is 5.69 Å². The molecule has 2 N–H and O–H groups in total. The predicted octanol–water partition coefficient (Wildman–Crippen LogP) is 1.13. The van der Waals surface area contributed by atoms with Gasteiger partial charge in [-0.2, -0.15) is 0 Å². The number of aliphatic carboxylic acids is 1. The summed E-state index contributed by atoms with van der Waals surface area (Å²) in [4.78, 5) is 28.2. The van der Waals surface area contributed by atoms with E-state index in [9.17, 15) is 9.59 Å². The van der Waals surface area contributed by atoms with Gasteiger partial charge < -0.3 is 15.3 Å². The maximum atomic E-state index is 11.7. The molecule has 0 fully saturated rings. The Morgan fingerprint density at radius 3 is 2.74 bits per heavy atom. The van der Waals surface area contributed by atoms with Gasteiger partial charge >= 0.3 is 5.97 Å². The first-order chi connectivity index (χ1) is 9.08. The van der Waals surface area contributed by atoms with Gasteiger partial charge in [-0.05, 0) is 26.0 Å². The second kappa shape index (κ2) is 7.35. The molecule has 0 bridgehead atoms. The van der Waals surface area contributed by atoms with E-state index in [2.05, 4.69) is 10.3 Å². The Hall–Kier alpha value is -2.11. The van der Waals surface area contributed by atoms with E-state index in [0.29, 0.717) is 25.3 Å². The molecule has 0 saturated carbocycles. The number of nitrogens with zero attached hydrogens (tertiary/aromatic N) is 2. The molecular formula is C13H19N3O3. The molecule has 1 heterocycles. The van der Waals surface area contributed by atoms with E-state index in [1.54, 1.807) is 18.3 Å². The molecule has 6 heteroatoms. The fraction of sp³-hybridized carbons (Fsp3) is 0.462. The molecule has 0 spiro atoms. The number of pyridine rings is 1. The quantitative estimate of drug-likeness (QED) is 0.772. The number of hydrogen-bond donors (Lipinski definition) is 2. The highest BCUT2D eigenvalue weighted by atomic mass is 16.4. The first-order valence-electron chi connectivity index (χ1n) is 6.29. The van der Waals surface area contributed by atoms with Gasteiger partial charge in [0.25, 0.3) is 5.91 Å². The first kappa shape index (κ1) is 14.9. The van der Waals surface area contributed by atoms with Gasteiger partial charge in [0, 0.05) is 31.5 Å². The van der Waals surface area contributed by atoms with Crippen LogP contribution in [0.15, 0.2) is 18.3 Å². The monoisotopic (exact) mass is 265 g/mol. The molecular weight excluding hydrogens is 246 g/mol. The van der Waals surface area contributed by atoms with Crippen LogP contribution in [0.3, 0.4) is 0 Å². The van der Waals surface area contributed by atoms with Gasteiger partial charge in [-0.25, -0.2) is 0 Å². The van der Waals surface area contributed by atoms with Crippen molar-refractivity contribution < 1.29 is 14.7 Å². The molecule has 0 saturated heterocycles. The van der Waals surface area contributed by atoms with Gasteiger partial charge in [0.05, 0.1) is 6.42 Å². The molecule has 0 radical (unpaired) electrons. The van der Waals surface area contributed by atoms with Crippen LogP contribution in [0.4, 0.5) is 5.69 Å². The molecule has 19 heavy (non-hydrogen) atoms. The Labute approximate surface area is 112 Å². The summed E-state index contributed by atoms with van der Waals surface area (Å²) in [6, 6.07) is 3.45. The summed E-state index contributed by atoms with van der Waals surface area (Å²) in [5.41, 5.74) is 1.15. The van der Waals surface area contributed by atoms with Crippen LogP contribution >= 0.6 is 0 Å². The number of anilines is 1. The molecule has 0 unspecified atom stereocenters. The van der Waals surface area contributed by atoms with Crippen molar-refractivity contribution in [3.05, 3.63) is 24.0 Å². The second-order valence-corrected chi connectivity index (χ2v) is 3.98. The van der Waals surface area contributed by atoms with E-state index in [4.69, 9.17) is 5.11 Å². The predicted molar refractivity (Wildman–Crippen MR) is 72.4 cm³/mol. The fourth-order valence-corrected chi connectivity index (χ4v) is 1.69. The lowest BCUT2D eigenvalue weighted by molar-refractivity contribution is -0.136. The highest BCUT2D eigenvalue weighted by molar-refractivity contribution is 5.93. The van der Waals surface area contributed by atoms with E-state index in [0.717, 1.165) is 5.69 Å². The second-order valence-electron chi connectivity index (χ2n) is 3.98. The molecule has 6 nitrogen and oxygen atoms in total. The number of amides is 1. The van der Waals surface area contributed by atoms with Gasteiger partial charge in [-0.1, -0.05) is 0 Å². The summed E-state index contributed by atoms with van der Waals surface area (Å²) in [5.74, 6) is -1.06. The number of aromatic nitrogens is 1. The Morgan fingerprint density at radius 2 is 2.16 bits per heavy atom. The number of carbonyl (C=O) groups excluding carboxylic acids is 1. The lowest BCUT2D eigenvalue weighted by Crippen LogP contribution is -2.27. The van der Waals surface area contributed by atoms with Crippen molar-refractivity contribution in [3.63, 3.8) is 0 Å². The first-order valence-corrected chi connectivity index (χ1v) is 6.29. The highest BCUT2D eigenvalue weighted by Gasteiger charge is 2.11. The van der Waals surface area contributed by atoms with Crippen molar-refractivity contribution in [2.75, 3.05) is 24.5 Å². The molecule has 0 aliphatic heterocycles. The van der Waals surface area contributed by atoms with Gasteiger partial charge in [-0.3, -0.25) is 14.6 Å². The zero-order valence-electron chi connectivity index (χ0n) is 11.2. The van der Waals surface area contributed by atoms with E-state index < -0.39 is 5.97 Å². The Kier molecular flexibility index (Phi) is 5.78. The van der Waals surface area contributed by atoms with Crippen LogP contribution in [0, 0.1) is 0 Å². The molecule has 1 rings (SSSR count). The summed E-state index contributed by atoms with van der Waals surface area (Å²) < 4.78 is 0. The van der Waals surface area contributed by atoms with Crippen LogP contribution in [0.2, 0.25) is 0 Å². The smallest absolute Gasteiger partial charge is 0.305 e. The fourth-order valence-electron chi connectivity index (χ4n) is 1.69. The molecule has 1 amide bonds. The normalized spacial score (nSPS) is 10.0. The van der Waals surface area contributed by atoms with Crippen LogP contribution < -0.4 is 10.2 Å². The number of carboxylic acids is 1. The summed E-state index contributed by atoms with van der Waals surface area (Å²) in [7, 11) is 0. The number of nitrogens with one attached hydrogen (secondary N) is 1. The van der Waals surface area contributed by atoms with E-state index in [1.165, 1.54) is 0 Å². The van der Waals surface area contributed by atoms with Crippen molar-refractivity contribution in [1.29, 1.82) is 0 Å². The number of carboxylic acid groups (broad SMARTS) is 1. The van der Waals surface area contributed by atoms with Crippen molar-refractivity contribution >= 4 is 17.6 Å². The number of hydrogen-bond acceptors (Lipinski definition) is 4. The summed E-state index contributed by atoms with van der Waals surface area (Å²) in [6.07, 6.45) is 1.62. The van der Waals surface area contributed by atoms with Crippen LogP contribution in [0.5, 0.6) is 0 Å². The van der Waals surface area contributed by atoms with Gasteiger partial charge in [-0.15, -0.1) is 0 Å². The summed E-state index contributed by atoms with van der Waals surface area (Å²) in [6.45, 7) is 5.40. The van der Waals surface area contributed by atoms with Crippen LogP contribution in [-0.2, 0) is 4.79 Å². The number of carbonyl (C=O) groups is 2. The Balaban J connectivity index is 2.83. The molecule has 0 atom stereocenters. The van der Waals surface area contributed by atoms with Gasteiger partial charge in [0.15, 0.2) is 0 Å². The third kappa shape index (κ3) is 4.57. The minimum absolute atomic E-state index is 0.0622. The Bertz CT molecular complexity index is 449. The lowest BCUT2D eigenvalue weighted by Gasteiger charge is -2.22. The minimum Gasteiger partial charge on any atom is -0.481 e. The van der Waals surface area contributed by atoms with Gasteiger partial charge in [0.2, 0.25) is 0 Å². The average molecular weight is 265 g/mol. The van der Waals surface area contributed by atoms with Crippen molar-refractivity contribution in [1.82, 2.24) is 10.3 Å². The maximum Gasteiger partial charge on any atom is 0.305 e.